The van der Waals surface area contributed by atoms with Gasteiger partial charge in [0.15, 0.2) is 0 Å². The zero-order chi connectivity index (χ0) is 6.53. The van der Waals surface area contributed by atoms with E-state index < -0.39 is 0 Å². The molecule has 1 saturated heterocycles. The Hall–Kier alpha value is 0.170. The highest BCUT2D eigenvalue weighted by atomic mass is 35.5. The summed E-state index contributed by atoms with van der Waals surface area (Å²) in [5.41, 5.74) is 5.38. The fraction of sp³-hybridized carbons (Fsp3) is 1.00. The van der Waals surface area contributed by atoms with Gasteiger partial charge in [-0.25, -0.2) is 0 Å². The van der Waals surface area contributed by atoms with Gasteiger partial charge in [0.2, 0.25) is 0 Å². The lowest BCUT2D eigenvalue weighted by molar-refractivity contribution is 0.0394. The summed E-state index contributed by atoms with van der Waals surface area (Å²) >= 11 is 0. The largest absolute Gasteiger partial charge is 0.379 e. The maximum atomic E-state index is 5.38. The molecule has 10 heavy (non-hydrogen) atoms. The number of nitrogens with two attached hydrogens (primary N) is 1. The minimum absolute atomic E-state index is 0. The number of nitrogens with zero attached hydrogens (tertiary/aromatic N) is 1. The van der Waals surface area contributed by atoms with Crippen LogP contribution in [-0.2, 0) is 4.74 Å². The molecule has 1 heterocycles. The quantitative estimate of drug-likeness (QED) is 0.612. The fourth-order valence-corrected chi connectivity index (χ4v) is 1.01. The van der Waals surface area contributed by atoms with Crippen molar-refractivity contribution in [3.05, 3.63) is 0 Å². The minimum atomic E-state index is 0. The molecule has 0 aliphatic carbocycles. The third-order valence-corrected chi connectivity index (χ3v) is 1.55. The van der Waals surface area contributed by atoms with E-state index in [1.54, 1.807) is 0 Å². The van der Waals surface area contributed by atoms with Crippen molar-refractivity contribution in [1.82, 2.24) is 4.90 Å². The van der Waals surface area contributed by atoms with Gasteiger partial charge >= 0.3 is 0 Å². The van der Waals surface area contributed by atoms with Crippen LogP contribution in [0.15, 0.2) is 0 Å². The fourth-order valence-electron chi connectivity index (χ4n) is 1.01. The average Bonchev–Trinajstić information content (AvgIpc) is 1.91. The summed E-state index contributed by atoms with van der Waals surface area (Å²) in [6.07, 6.45) is 0. The van der Waals surface area contributed by atoms with E-state index in [9.17, 15) is 0 Å². The number of hydrogen-bond donors (Lipinski definition) is 1. The van der Waals surface area contributed by atoms with Crippen LogP contribution in [0.1, 0.15) is 0 Å². The van der Waals surface area contributed by atoms with Crippen molar-refractivity contribution in [2.24, 2.45) is 5.73 Å². The second kappa shape index (κ2) is 5.92. The van der Waals surface area contributed by atoms with E-state index in [0.29, 0.717) is 0 Å². The van der Waals surface area contributed by atoms with Gasteiger partial charge in [0.25, 0.3) is 0 Å². The van der Waals surface area contributed by atoms with Crippen LogP contribution in [0.4, 0.5) is 0 Å². The third kappa shape index (κ3) is 3.37. The van der Waals surface area contributed by atoms with E-state index in [-0.39, 0.29) is 12.4 Å². The first-order valence-electron chi connectivity index (χ1n) is 3.43. The highest BCUT2D eigenvalue weighted by molar-refractivity contribution is 5.85. The van der Waals surface area contributed by atoms with Gasteiger partial charge in [-0.3, -0.25) is 4.90 Å². The normalized spacial score (nSPS) is 20.1. The Morgan fingerprint density at radius 3 is 2.40 bits per heavy atom. The lowest BCUT2D eigenvalue weighted by Crippen LogP contribution is -2.39. The number of hydrogen-bond acceptors (Lipinski definition) is 3. The molecule has 2 N–H and O–H groups in total. The molecule has 1 rings (SSSR count). The van der Waals surface area contributed by atoms with Gasteiger partial charge in [0.1, 0.15) is 0 Å². The molecule has 0 spiro atoms. The van der Waals surface area contributed by atoms with Crippen molar-refractivity contribution >= 4 is 12.4 Å². The Balaban J connectivity index is 0.000000810. The predicted molar refractivity (Wildman–Crippen MR) is 43.6 cm³/mol. The van der Waals surface area contributed by atoms with Gasteiger partial charge in [-0.2, -0.15) is 0 Å². The SMILES string of the molecule is Cl.NCCN1CCOCC1. The molecule has 4 heteroatoms. The van der Waals surface area contributed by atoms with Crippen molar-refractivity contribution in [2.75, 3.05) is 39.4 Å². The highest BCUT2D eigenvalue weighted by Gasteiger charge is 2.07. The van der Waals surface area contributed by atoms with E-state index in [2.05, 4.69) is 4.90 Å². The maximum absolute atomic E-state index is 5.38. The van der Waals surface area contributed by atoms with Crippen molar-refractivity contribution < 1.29 is 4.74 Å². The van der Waals surface area contributed by atoms with E-state index in [1.807, 2.05) is 0 Å². The molecule has 0 unspecified atom stereocenters. The van der Waals surface area contributed by atoms with Gasteiger partial charge in [0.05, 0.1) is 13.2 Å². The molecule has 0 atom stereocenters. The summed E-state index contributed by atoms with van der Waals surface area (Å²) < 4.78 is 5.16. The molecule has 1 aliphatic rings. The first-order chi connectivity index (χ1) is 4.43. The van der Waals surface area contributed by atoms with Crippen molar-refractivity contribution in [1.29, 1.82) is 0 Å². The monoisotopic (exact) mass is 166 g/mol. The van der Waals surface area contributed by atoms with Crippen molar-refractivity contribution in [3.63, 3.8) is 0 Å². The van der Waals surface area contributed by atoms with Gasteiger partial charge in [-0.1, -0.05) is 0 Å². The minimum Gasteiger partial charge on any atom is -0.379 e. The third-order valence-electron chi connectivity index (χ3n) is 1.55. The number of halogens is 1. The van der Waals surface area contributed by atoms with Crippen LogP contribution >= 0.6 is 12.4 Å². The molecule has 0 bridgehead atoms. The maximum Gasteiger partial charge on any atom is 0.0594 e. The molecule has 1 fully saturated rings. The summed E-state index contributed by atoms with van der Waals surface area (Å²) in [7, 11) is 0. The van der Waals surface area contributed by atoms with Crippen LogP contribution in [0, 0.1) is 0 Å². The second-order valence-corrected chi connectivity index (χ2v) is 2.24. The van der Waals surface area contributed by atoms with Gasteiger partial charge < -0.3 is 10.5 Å². The molecule has 62 valence electrons. The van der Waals surface area contributed by atoms with E-state index in [1.165, 1.54) is 0 Å². The average molecular weight is 167 g/mol. The molecule has 1 aliphatic heterocycles. The Morgan fingerprint density at radius 2 is 1.90 bits per heavy atom. The van der Waals surface area contributed by atoms with E-state index in [0.717, 1.165) is 39.4 Å². The molecule has 0 aromatic heterocycles. The van der Waals surface area contributed by atoms with Crippen LogP contribution in [0.25, 0.3) is 0 Å². The number of ether oxygens (including phenoxy) is 1. The Morgan fingerprint density at radius 1 is 1.30 bits per heavy atom. The van der Waals surface area contributed by atoms with E-state index >= 15 is 0 Å². The summed E-state index contributed by atoms with van der Waals surface area (Å²) in [6, 6.07) is 0. The van der Waals surface area contributed by atoms with Crippen molar-refractivity contribution in [2.45, 2.75) is 0 Å². The standard InChI is InChI=1S/C6H14N2O.ClH/c7-1-2-8-3-5-9-6-4-8;/h1-7H2;1H. The van der Waals surface area contributed by atoms with Gasteiger partial charge in [0, 0.05) is 26.2 Å². The first kappa shape index (κ1) is 10.2. The highest BCUT2D eigenvalue weighted by Crippen LogP contribution is 1.93. The number of morpholine rings is 1. The first-order valence-corrected chi connectivity index (χ1v) is 3.43. The topological polar surface area (TPSA) is 38.5 Å². The van der Waals surface area contributed by atoms with Gasteiger partial charge in [-0.15, -0.1) is 12.4 Å². The molecular weight excluding hydrogens is 152 g/mol. The van der Waals surface area contributed by atoms with E-state index in [4.69, 9.17) is 10.5 Å². The zero-order valence-electron chi connectivity index (χ0n) is 6.08. The summed E-state index contributed by atoms with van der Waals surface area (Å²) in [6.45, 7) is 5.64. The lowest BCUT2D eigenvalue weighted by atomic mass is 10.4. The lowest BCUT2D eigenvalue weighted by Gasteiger charge is -2.25. The number of rotatable bonds is 2. The summed E-state index contributed by atoms with van der Waals surface area (Å²) in [5.74, 6) is 0. The molecule has 0 amide bonds. The Kier molecular flexibility index (Phi) is 6.02. The summed E-state index contributed by atoms with van der Waals surface area (Å²) in [5, 5.41) is 0. The van der Waals surface area contributed by atoms with Crippen LogP contribution in [0.2, 0.25) is 0 Å². The Labute approximate surface area is 67.9 Å². The summed E-state index contributed by atoms with van der Waals surface area (Å²) in [4.78, 5) is 2.32. The van der Waals surface area contributed by atoms with Crippen LogP contribution in [0.3, 0.4) is 0 Å². The second-order valence-electron chi connectivity index (χ2n) is 2.24. The molecule has 3 nitrogen and oxygen atoms in total. The molecule has 0 saturated carbocycles. The molecule has 0 radical (unpaired) electrons. The van der Waals surface area contributed by atoms with Crippen LogP contribution in [-0.4, -0.2) is 44.3 Å². The smallest absolute Gasteiger partial charge is 0.0594 e. The molecular formula is C6H15ClN2O. The molecule has 0 aromatic rings. The Bertz CT molecular complexity index is 73.4. The molecule has 0 aromatic carbocycles. The van der Waals surface area contributed by atoms with Crippen LogP contribution in [0.5, 0.6) is 0 Å². The predicted octanol–water partition coefficient (Wildman–Crippen LogP) is -0.301. The van der Waals surface area contributed by atoms with Gasteiger partial charge in [-0.05, 0) is 0 Å². The van der Waals surface area contributed by atoms with Crippen LogP contribution < -0.4 is 5.73 Å². The zero-order valence-corrected chi connectivity index (χ0v) is 6.90. The van der Waals surface area contributed by atoms with Crippen molar-refractivity contribution in [3.8, 4) is 0 Å².